The first-order chi connectivity index (χ1) is 19.6. The molecule has 1 unspecified atom stereocenters. The number of amides is 1. The van der Waals surface area contributed by atoms with Crippen molar-refractivity contribution >= 4 is 39.0 Å². The first kappa shape index (κ1) is 28.6. The summed E-state index contributed by atoms with van der Waals surface area (Å²) >= 11 is 0. The topological polar surface area (TPSA) is 147 Å². The third-order valence-corrected chi connectivity index (χ3v) is 8.30. The van der Waals surface area contributed by atoms with Gasteiger partial charge in [-0.1, -0.05) is 13.0 Å². The van der Waals surface area contributed by atoms with Crippen molar-refractivity contribution in [3.8, 4) is 5.88 Å². The van der Waals surface area contributed by atoms with E-state index in [4.69, 9.17) is 9.72 Å². The second-order valence-electron chi connectivity index (χ2n) is 10.3. The number of aryl methyl sites for hydroxylation is 1. The molecule has 13 nitrogen and oxygen atoms in total. The Bertz CT molecular complexity index is 1590. The van der Waals surface area contributed by atoms with Gasteiger partial charge in [-0.2, -0.15) is 4.09 Å². The van der Waals surface area contributed by atoms with E-state index in [1.54, 1.807) is 12.4 Å². The van der Waals surface area contributed by atoms with Crippen molar-refractivity contribution in [2.24, 2.45) is 0 Å². The molecule has 1 atom stereocenters. The van der Waals surface area contributed by atoms with E-state index in [0.717, 1.165) is 65.2 Å². The molecule has 3 aromatic rings. The Morgan fingerprint density at radius 1 is 1.20 bits per heavy atom. The number of fused-ring (bicyclic) bond motifs is 1. The summed E-state index contributed by atoms with van der Waals surface area (Å²) < 4.78 is 29.9. The molecule has 0 spiro atoms. The predicted octanol–water partition coefficient (Wildman–Crippen LogP) is 1.89. The molecule has 1 amide bonds. The maximum atomic E-state index is 13.4. The van der Waals surface area contributed by atoms with Gasteiger partial charge in [0, 0.05) is 49.7 Å². The number of aromatic nitrogens is 5. The lowest BCUT2D eigenvalue weighted by atomic mass is 10.0. The van der Waals surface area contributed by atoms with Gasteiger partial charge in [-0.3, -0.25) is 9.69 Å². The summed E-state index contributed by atoms with van der Waals surface area (Å²) in [5.41, 5.74) is 4.67. The molecule has 0 bridgehead atoms. The van der Waals surface area contributed by atoms with Crippen LogP contribution in [0.15, 0.2) is 30.7 Å². The molecule has 1 fully saturated rings. The lowest BCUT2D eigenvalue weighted by molar-refractivity contribution is -0.122. The van der Waals surface area contributed by atoms with Crippen molar-refractivity contribution < 1.29 is 17.9 Å². The number of methoxy groups -OCH3 is 1. The average molecular weight is 582 g/mol. The number of carbonyl (C=O) groups excluding carboxylic acids is 1. The second kappa shape index (κ2) is 11.5. The first-order valence-corrected chi connectivity index (χ1v) is 15.3. The normalized spacial score (nSPS) is 16.7. The van der Waals surface area contributed by atoms with E-state index in [-0.39, 0.29) is 23.8 Å². The fraction of sp³-hybridized carbons (Fsp3) is 0.444. The summed E-state index contributed by atoms with van der Waals surface area (Å²) in [5, 5.41) is 10.1. The van der Waals surface area contributed by atoms with Crippen molar-refractivity contribution in [2.75, 3.05) is 57.2 Å². The van der Waals surface area contributed by atoms with Gasteiger partial charge in [0.2, 0.25) is 11.9 Å². The number of nitrogens with one attached hydrogen (secondary N) is 2. The van der Waals surface area contributed by atoms with Crippen LogP contribution in [0.2, 0.25) is 0 Å². The zero-order valence-corrected chi connectivity index (χ0v) is 24.7. The molecule has 1 saturated heterocycles. The Kier molecular flexibility index (Phi) is 8.07. The number of piperazine rings is 1. The van der Waals surface area contributed by atoms with E-state index in [0.29, 0.717) is 23.6 Å². The minimum Gasteiger partial charge on any atom is -0.478 e. The van der Waals surface area contributed by atoms with Crippen LogP contribution in [0.5, 0.6) is 5.88 Å². The number of anilines is 3. The van der Waals surface area contributed by atoms with Crippen LogP contribution >= 0.6 is 0 Å². The molecule has 14 heteroatoms. The zero-order valence-electron chi connectivity index (χ0n) is 23.9. The van der Waals surface area contributed by atoms with Crippen molar-refractivity contribution in [1.29, 1.82) is 0 Å². The standard InChI is InChI=1S/C27H35N9O4S/c1-6-22(35-13-11-34(3)12-14-35)25(37)32-24-20-8-7-19(18(20)9-10-28-24)23-17(2)15-29-27(31-23)30-21-16-36(41(5,38)39)33-26(21)40-4/h7,9-10,15-16,22H,6,8,11-14H2,1-5H3,(H,28,32,37)(H,29,30,31). The van der Waals surface area contributed by atoms with Crippen LogP contribution in [0.1, 0.15) is 35.7 Å². The number of nitrogens with zero attached hydrogens (tertiary/aromatic N) is 7. The number of rotatable bonds is 9. The Balaban J connectivity index is 1.38. The van der Waals surface area contributed by atoms with Gasteiger partial charge in [0.15, 0.2) is 0 Å². The van der Waals surface area contributed by atoms with Gasteiger partial charge in [0.25, 0.3) is 15.9 Å². The van der Waals surface area contributed by atoms with Gasteiger partial charge in [0.05, 0.1) is 31.3 Å². The minimum atomic E-state index is -3.60. The van der Waals surface area contributed by atoms with E-state index < -0.39 is 10.0 Å². The maximum absolute atomic E-state index is 13.4. The number of carbonyl (C=O) groups is 1. The molecular formula is C27H35N9O4S. The summed E-state index contributed by atoms with van der Waals surface area (Å²) in [4.78, 5) is 31.5. The van der Waals surface area contributed by atoms with Gasteiger partial charge >= 0.3 is 0 Å². The Morgan fingerprint density at radius 3 is 2.63 bits per heavy atom. The molecule has 2 N–H and O–H groups in total. The maximum Gasteiger partial charge on any atom is 0.257 e. The first-order valence-electron chi connectivity index (χ1n) is 13.5. The fourth-order valence-electron chi connectivity index (χ4n) is 5.18. The van der Waals surface area contributed by atoms with Crippen molar-refractivity contribution in [1.82, 2.24) is 33.9 Å². The SMILES string of the molecule is CCC(C(=O)Nc1nccc2c1CC=C2c1nc(Nc2cn(S(C)(=O)=O)nc2OC)ncc1C)N1CCN(C)CC1. The zero-order chi connectivity index (χ0) is 29.3. The highest BCUT2D eigenvalue weighted by Crippen LogP contribution is 2.37. The van der Waals surface area contributed by atoms with Crippen molar-refractivity contribution in [3.63, 3.8) is 0 Å². The third-order valence-electron chi connectivity index (χ3n) is 7.43. The lowest BCUT2D eigenvalue weighted by Gasteiger charge is -2.36. The number of hydrogen-bond donors (Lipinski definition) is 2. The molecule has 3 aromatic heterocycles. The molecule has 41 heavy (non-hydrogen) atoms. The lowest BCUT2D eigenvalue weighted by Crippen LogP contribution is -2.52. The molecule has 1 aliphatic carbocycles. The molecule has 2 aliphatic rings. The van der Waals surface area contributed by atoms with E-state index in [1.807, 2.05) is 19.9 Å². The summed E-state index contributed by atoms with van der Waals surface area (Å²) in [6, 6.07) is 1.71. The highest BCUT2D eigenvalue weighted by atomic mass is 32.2. The van der Waals surface area contributed by atoms with Gasteiger partial charge in [-0.25, -0.2) is 23.4 Å². The molecule has 0 radical (unpaired) electrons. The fourth-order valence-corrected chi connectivity index (χ4v) is 5.70. The van der Waals surface area contributed by atoms with Crippen LogP contribution in [0.4, 0.5) is 17.5 Å². The van der Waals surface area contributed by atoms with Crippen LogP contribution in [-0.4, -0.2) is 101 Å². The summed E-state index contributed by atoms with van der Waals surface area (Å²) in [6.45, 7) is 7.57. The van der Waals surface area contributed by atoms with Gasteiger partial charge in [-0.05, 0) is 44.0 Å². The highest BCUT2D eigenvalue weighted by Gasteiger charge is 2.29. The smallest absolute Gasteiger partial charge is 0.257 e. The van der Waals surface area contributed by atoms with Crippen LogP contribution in [0, 0.1) is 6.92 Å². The molecular weight excluding hydrogens is 546 g/mol. The number of hydrogen-bond acceptors (Lipinski definition) is 11. The Morgan fingerprint density at radius 2 is 1.95 bits per heavy atom. The number of allylic oxidation sites excluding steroid dienone is 1. The average Bonchev–Trinajstić information content (AvgIpc) is 3.56. The summed E-state index contributed by atoms with van der Waals surface area (Å²) in [6.07, 6.45) is 9.15. The molecule has 4 heterocycles. The van der Waals surface area contributed by atoms with E-state index in [1.165, 1.54) is 13.3 Å². The minimum absolute atomic E-state index is 0.0420. The Labute approximate surface area is 239 Å². The van der Waals surface area contributed by atoms with Crippen LogP contribution in [-0.2, 0) is 21.2 Å². The van der Waals surface area contributed by atoms with Crippen LogP contribution in [0.25, 0.3) is 5.57 Å². The van der Waals surface area contributed by atoms with E-state index in [9.17, 15) is 13.2 Å². The molecule has 0 aromatic carbocycles. The number of pyridine rings is 1. The van der Waals surface area contributed by atoms with Gasteiger partial charge in [-0.15, -0.1) is 5.10 Å². The largest absolute Gasteiger partial charge is 0.478 e. The number of likely N-dealkylation sites (N-methyl/N-ethyl adjacent to an activating group) is 1. The monoisotopic (exact) mass is 581 g/mol. The molecule has 0 saturated carbocycles. The molecule has 1 aliphatic heterocycles. The quantitative estimate of drug-likeness (QED) is 0.382. The van der Waals surface area contributed by atoms with Crippen molar-refractivity contribution in [2.45, 2.75) is 32.7 Å². The van der Waals surface area contributed by atoms with Crippen molar-refractivity contribution in [3.05, 3.63) is 53.1 Å². The van der Waals surface area contributed by atoms with Gasteiger partial charge < -0.3 is 20.3 Å². The molecule has 218 valence electrons. The third kappa shape index (κ3) is 5.94. The van der Waals surface area contributed by atoms with Crippen LogP contribution < -0.4 is 15.4 Å². The van der Waals surface area contributed by atoms with Gasteiger partial charge in [0.1, 0.15) is 11.5 Å². The van der Waals surface area contributed by atoms with Crippen LogP contribution in [0.3, 0.4) is 0 Å². The van der Waals surface area contributed by atoms with E-state index in [2.05, 4.69) is 48.6 Å². The summed E-state index contributed by atoms with van der Waals surface area (Å²) in [7, 11) is -0.0998. The Hall–Kier alpha value is -3.88. The highest BCUT2D eigenvalue weighted by molar-refractivity contribution is 7.89. The second-order valence-corrected chi connectivity index (χ2v) is 12.1. The number of ether oxygens (including phenoxy) is 1. The molecule has 5 rings (SSSR count). The summed E-state index contributed by atoms with van der Waals surface area (Å²) in [5.74, 6) is 0.876. The predicted molar refractivity (Wildman–Crippen MR) is 156 cm³/mol. The van der Waals surface area contributed by atoms with E-state index >= 15 is 0 Å².